The lowest BCUT2D eigenvalue weighted by atomic mass is 9.70. The Balaban J connectivity index is 1.62. The van der Waals surface area contributed by atoms with Crippen molar-refractivity contribution in [2.45, 2.75) is 58.9 Å². The van der Waals surface area contributed by atoms with E-state index in [2.05, 4.69) is 36.3 Å². The molecule has 5 nitrogen and oxygen atoms in total. The summed E-state index contributed by atoms with van der Waals surface area (Å²) in [6, 6.07) is 7.53. The van der Waals surface area contributed by atoms with Crippen molar-refractivity contribution in [3.05, 3.63) is 51.4 Å². The maximum Gasteiger partial charge on any atom is 0.245 e. The van der Waals surface area contributed by atoms with Crippen molar-refractivity contribution in [3.8, 4) is 0 Å². The van der Waals surface area contributed by atoms with E-state index in [1.807, 2.05) is 36.3 Å². The van der Waals surface area contributed by atoms with E-state index in [1.165, 1.54) is 16.9 Å². The Morgan fingerprint density at radius 3 is 2.58 bits per heavy atom. The molecule has 1 fully saturated rings. The Morgan fingerprint density at radius 2 is 2.00 bits per heavy atom. The molecular formula is C24H32ClN3O2S. The molecule has 1 saturated heterocycles. The van der Waals surface area contributed by atoms with Crippen molar-refractivity contribution in [2.24, 2.45) is 11.3 Å². The van der Waals surface area contributed by atoms with Gasteiger partial charge in [0.15, 0.2) is 0 Å². The van der Waals surface area contributed by atoms with Crippen LogP contribution in [0.15, 0.2) is 35.2 Å². The monoisotopic (exact) mass is 461 g/mol. The predicted molar refractivity (Wildman–Crippen MR) is 126 cm³/mol. The van der Waals surface area contributed by atoms with E-state index >= 15 is 0 Å². The fourth-order valence-corrected chi connectivity index (χ4v) is 5.14. The number of halogens is 1. The van der Waals surface area contributed by atoms with Gasteiger partial charge in [-0.05, 0) is 47.8 Å². The van der Waals surface area contributed by atoms with Crippen molar-refractivity contribution >= 4 is 34.8 Å². The van der Waals surface area contributed by atoms with Crippen LogP contribution >= 0.6 is 22.9 Å². The highest BCUT2D eigenvalue weighted by Gasteiger charge is 2.40. The summed E-state index contributed by atoms with van der Waals surface area (Å²) in [6.45, 7) is 9.74. The van der Waals surface area contributed by atoms with Crippen LogP contribution in [-0.2, 0) is 16.0 Å². The minimum atomic E-state index is -0.509. The third-order valence-electron chi connectivity index (χ3n) is 6.15. The average Bonchev–Trinajstić information content (AvgIpc) is 3.23. The highest BCUT2D eigenvalue weighted by Crippen LogP contribution is 2.42. The molecule has 1 aromatic heterocycles. The molecule has 1 N–H and O–H groups in total. The summed E-state index contributed by atoms with van der Waals surface area (Å²) < 4.78 is 0. The molecular weight excluding hydrogens is 430 g/mol. The zero-order chi connectivity index (χ0) is 22.6. The van der Waals surface area contributed by atoms with Crippen LogP contribution in [-0.4, -0.2) is 40.8 Å². The van der Waals surface area contributed by atoms with Crippen molar-refractivity contribution in [2.75, 3.05) is 13.1 Å². The summed E-state index contributed by atoms with van der Waals surface area (Å²) in [6.07, 6.45) is 1.82. The van der Waals surface area contributed by atoms with Crippen LogP contribution in [0.25, 0.3) is 0 Å². The highest BCUT2D eigenvalue weighted by molar-refractivity contribution is 7.07. The molecule has 2 aromatic rings. The number of benzene rings is 1. The van der Waals surface area contributed by atoms with E-state index in [4.69, 9.17) is 11.6 Å². The molecule has 0 bridgehead atoms. The Bertz CT molecular complexity index is 881. The molecule has 1 aliphatic rings. The van der Waals surface area contributed by atoms with Gasteiger partial charge in [-0.3, -0.25) is 9.59 Å². The van der Waals surface area contributed by atoms with Crippen molar-refractivity contribution < 1.29 is 9.59 Å². The number of hydrogen-bond donors (Lipinski definition) is 1. The summed E-state index contributed by atoms with van der Waals surface area (Å²) in [4.78, 5) is 32.0. The molecule has 0 radical (unpaired) electrons. The van der Waals surface area contributed by atoms with Gasteiger partial charge in [0.25, 0.3) is 0 Å². The lowest BCUT2D eigenvalue weighted by Gasteiger charge is -2.45. The van der Waals surface area contributed by atoms with Gasteiger partial charge in [-0.2, -0.15) is 0 Å². The standard InChI is InChI=1S/C24H32ClN3O2S/c1-16(2)22(27-21(29)10-9-19-13-31-15-26-19)23(30)28-12-11-20(24(3,4)14-28)17-5-7-18(25)8-6-17/h5-8,13,15-16,20,22H,9-12,14H2,1-4H3,(H,27,29)/t20-,22-/m1/s1. The average molecular weight is 462 g/mol. The molecule has 1 aromatic carbocycles. The van der Waals surface area contributed by atoms with Gasteiger partial charge in [0.2, 0.25) is 11.8 Å². The number of likely N-dealkylation sites (tertiary alicyclic amines) is 1. The lowest BCUT2D eigenvalue weighted by Crippen LogP contribution is -2.55. The topological polar surface area (TPSA) is 62.3 Å². The van der Waals surface area contributed by atoms with Crippen LogP contribution in [0.5, 0.6) is 0 Å². The third-order valence-corrected chi connectivity index (χ3v) is 7.04. The molecule has 0 aliphatic carbocycles. The first kappa shape index (κ1) is 23.7. The summed E-state index contributed by atoms with van der Waals surface area (Å²) in [5.41, 5.74) is 3.87. The molecule has 168 valence electrons. The fraction of sp³-hybridized carbons (Fsp3) is 0.542. The second kappa shape index (κ2) is 10.1. The maximum atomic E-state index is 13.4. The van der Waals surface area contributed by atoms with Crippen LogP contribution in [0.4, 0.5) is 0 Å². The van der Waals surface area contributed by atoms with Crippen LogP contribution in [0.2, 0.25) is 5.02 Å². The van der Waals surface area contributed by atoms with Gasteiger partial charge >= 0.3 is 0 Å². The lowest BCUT2D eigenvalue weighted by molar-refractivity contribution is -0.140. The molecule has 2 atom stereocenters. The van der Waals surface area contributed by atoms with E-state index < -0.39 is 6.04 Å². The number of piperidine rings is 1. The van der Waals surface area contributed by atoms with Crippen molar-refractivity contribution in [1.82, 2.24) is 15.2 Å². The molecule has 31 heavy (non-hydrogen) atoms. The molecule has 3 rings (SSSR count). The number of carbonyl (C=O) groups excluding carboxylic acids is 2. The first-order chi connectivity index (χ1) is 14.7. The van der Waals surface area contributed by atoms with E-state index in [1.54, 1.807) is 5.51 Å². The second-order valence-electron chi connectivity index (χ2n) is 9.41. The number of carbonyl (C=O) groups is 2. The maximum absolute atomic E-state index is 13.4. The minimum Gasteiger partial charge on any atom is -0.344 e. The van der Waals surface area contributed by atoms with E-state index in [9.17, 15) is 9.59 Å². The summed E-state index contributed by atoms with van der Waals surface area (Å²) in [5.74, 6) is 0.293. The number of hydrogen-bond acceptors (Lipinski definition) is 4. The molecule has 0 saturated carbocycles. The second-order valence-corrected chi connectivity index (χ2v) is 10.6. The Kier molecular flexibility index (Phi) is 7.76. The minimum absolute atomic E-state index is 0.0136. The van der Waals surface area contributed by atoms with E-state index in [-0.39, 0.29) is 23.1 Å². The quantitative estimate of drug-likeness (QED) is 0.637. The van der Waals surface area contributed by atoms with Gasteiger partial charge in [0.1, 0.15) is 6.04 Å². The Morgan fingerprint density at radius 1 is 1.29 bits per heavy atom. The number of aromatic nitrogens is 1. The number of thiazole rings is 1. The zero-order valence-corrected chi connectivity index (χ0v) is 20.3. The number of amides is 2. The van der Waals surface area contributed by atoms with Gasteiger partial charge in [-0.15, -0.1) is 11.3 Å². The number of rotatable bonds is 7. The van der Waals surface area contributed by atoms with E-state index in [0.717, 1.165) is 17.1 Å². The molecule has 7 heteroatoms. The fourth-order valence-electron chi connectivity index (χ4n) is 4.42. The highest BCUT2D eigenvalue weighted by atomic mass is 35.5. The van der Waals surface area contributed by atoms with Crippen LogP contribution in [0.3, 0.4) is 0 Å². The predicted octanol–water partition coefficient (Wildman–Crippen LogP) is 4.91. The van der Waals surface area contributed by atoms with Gasteiger partial charge in [-0.1, -0.05) is 51.4 Å². The van der Waals surface area contributed by atoms with Crippen LogP contribution < -0.4 is 5.32 Å². The van der Waals surface area contributed by atoms with Crippen LogP contribution in [0, 0.1) is 11.3 Å². The molecule has 1 aliphatic heterocycles. The SMILES string of the molecule is CC(C)[C@@H](NC(=O)CCc1cscn1)C(=O)N1CC[C@H](c2ccc(Cl)cc2)C(C)(C)C1. The summed E-state index contributed by atoms with van der Waals surface area (Å²) in [5, 5.41) is 5.67. The molecule has 2 heterocycles. The van der Waals surface area contributed by atoms with E-state index in [0.29, 0.717) is 31.8 Å². The first-order valence-electron chi connectivity index (χ1n) is 10.9. The van der Waals surface area contributed by atoms with Gasteiger partial charge in [0.05, 0.1) is 11.2 Å². The number of nitrogens with one attached hydrogen (secondary N) is 1. The van der Waals surface area contributed by atoms with Crippen molar-refractivity contribution in [1.29, 1.82) is 0 Å². The molecule has 2 amide bonds. The zero-order valence-electron chi connectivity index (χ0n) is 18.7. The number of nitrogens with zero attached hydrogens (tertiary/aromatic N) is 2. The largest absolute Gasteiger partial charge is 0.344 e. The molecule has 0 unspecified atom stereocenters. The Hall–Kier alpha value is -1.92. The summed E-state index contributed by atoms with van der Waals surface area (Å²) >= 11 is 7.58. The summed E-state index contributed by atoms with van der Waals surface area (Å²) in [7, 11) is 0. The van der Waals surface area contributed by atoms with Crippen molar-refractivity contribution in [3.63, 3.8) is 0 Å². The van der Waals surface area contributed by atoms with Gasteiger partial charge in [0, 0.05) is 29.9 Å². The van der Waals surface area contributed by atoms with Crippen LogP contribution in [0.1, 0.15) is 57.7 Å². The smallest absolute Gasteiger partial charge is 0.245 e. The van der Waals surface area contributed by atoms with Gasteiger partial charge in [-0.25, -0.2) is 4.98 Å². The molecule has 0 spiro atoms. The number of aryl methyl sites for hydroxylation is 1. The van der Waals surface area contributed by atoms with Gasteiger partial charge < -0.3 is 10.2 Å². The first-order valence-corrected chi connectivity index (χ1v) is 12.2. The normalized spacial score (nSPS) is 19.3. The Labute approximate surface area is 194 Å². The third kappa shape index (κ3) is 6.07.